The minimum Gasteiger partial charge on any atom is -0.497 e. The lowest BCUT2D eigenvalue weighted by molar-refractivity contribution is 0.0365. The van der Waals surface area contributed by atoms with E-state index in [1.807, 2.05) is 24.3 Å². The zero-order valence-electron chi connectivity index (χ0n) is 18.2. The number of benzene rings is 1. The van der Waals surface area contributed by atoms with Gasteiger partial charge in [0.1, 0.15) is 16.2 Å². The van der Waals surface area contributed by atoms with Crippen molar-refractivity contribution in [2.45, 2.75) is 38.8 Å². The second kappa shape index (κ2) is 9.10. The highest BCUT2D eigenvalue weighted by Crippen LogP contribution is 2.42. The molecule has 3 aromatic rings. The number of methoxy groups -OCH3 is 1. The predicted molar refractivity (Wildman–Crippen MR) is 123 cm³/mol. The van der Waals surface area contributed by atoms with Crippen molar-refractivity contribution in [3.8, 4) is 5.75 Å². The Morgan fingerprint density at radius 2 is 1.87 bits per heavy atom. The standard InChI is InChI=1S/C24H32N2O3S/c1-4-9-24(27,20-5-7-21(28-3)8-6-20)22-17-19-16-18(2)26(23(19)30-22)11-10-25-12-14-29-15-13-25/h5-8,16-17,27H,4,9-15H2,1-3H3. The first-order valence-corrected chi connectivity index (χ1v) is 11.6. The summed E-state index contributed by atoms with van der Waals surface area (Å²) in [6.45, 7) is 9.95. The number of morpholine rings is 1. The van der Waals surface area contributed by atoms with Crippen LogP contribution in [0.2, 0.25) is 0 Å². The van der Waals surface area contributed by atoms with E-state index in [-0.39, 0.29) is 0 Å². The number of rotatable bonds is 8. The van der Waals surface area contributed by atoms with Gasteiger partial charge in [0.05, 0.1) is 20.3 Å². The molecule has 0 aliphatic carbocycles. The summed E-state index contributed by atoms with van der Waals surface area (Å²) < 4.78 is 13.2. The van der Waals surface area contributed by atoms with Gasteiger partial charge in [0.15, 0.2) is 0 Å². The highest BCUT2D eigenvalue weighted by atomic mass is 32.1. The molecular weight excluding hydrogens is 396 g/mol. The zero-order valence-corrected chi connectivity index (χ0v) is 19.0. The Balaban J connectivity index is 1.64. The molecule has 0 saturated carbocycles. The average molecular weight is 429 g/mol. The fraction of sp³-hybridized carbons (Fsp3) is 0.500. The van der Waals surface area contributed by atoms with E-state index in [9.17, 15) is 5.11 Å². The van der Waals surface area contributed by atoms with Crippen LogP contribution in [0.15, 0.2) is 36.4 Å². The molecule has 0 bridgehead atoms. The van der Waals surface area contributed by atoms with E-state index in [2.05, 4.69) is 35.4 Å². The molecule has 162 valence electrons. The summed E-state index contributed by atoms with van der Waals surface area (Å²) in [6.07, 6.45) is 1.59. The zero-order chi connectivity index (χ0) is 21.1. The average Bonchev–Trinajstić information content (AvgIpc) is 3.31. The van der Waals surface area contributed by atoms with E-state index in [0.29, 0.717) is 6.42 Å². The van der Waals surface area contributed by atoms with E-state index in [4.69, 9.17) is 9.47 Å². The molecule has 1 N–H and O–H groups in total. The Morgan fingerprint density at radius 3 is 2.53 bits per heavy atom. The lowest BCUT2D eigenvalue weighted by Crippen LogP contribution is -2.38. The van der Waals surface area contributed by atoms with Gasteiger partial charge in [-0.1, -0.05) is 25.5 Å². The van der Waals surface area contributed by atoms with Crippen LogP contribution in [-0.2, 0) is 16.9 Å². The first-order chi connectivity index (χ1) is 14.5. The fourth-order valence-corrected chi connectivity index (χ4v) is 5.72. The van der Waals surface area contributed by atoms with Crippen LogP contribution in [0.5, 0.6) is 5.75 Å². The Hall–Kier alpha value is -1.86. The molecule has 0 spiro atoms. The first kappa shape index (κ1) is 21.4. The molecule has 1 unspecified atom stereocenters. The summed E-state index contributed by atoms with van der Waals surface area (Å²) in [4.78, 5) is 4.73. The summed E-state index contributed by atoms with van der Waals surface area (Å²) in [5.74, 6) is 0.805. The summed E-state index contributed by atoms with van der Waals surface area (Å²) >= 11 is 1.72. The van der Waals surface area contributed by atoms with Crippen LogP contribution in [0.4, 0.5) is 0 Å². The number of aryl methyl sites for hydroxylation is 1. The Bertz CT molecular complexity index is 972. The van der Waals surface area contributed by atoms with E-state index in [1.165, 1.54) is 15.9 Å². The monoisotopic (exact) mass is 428 g/mol. The number of ether oxygens (including phenoxy) is 2. The largest absolute Gasteiger partial charge is 0.497 e. The van der Waals surface area contributed by atoms with Crippen molar-refractivity contribution in [2.75, 3.05) is 40.0 Å². The molecular formula is C24H32N2O3S. The number of hydrogen-bond acceptors (Lipinski definition) is 5. The van der Waals surface area contributed by atoms with Crippen molar-refractivity contribution in [3.05, 3.63) is 52.5 Å². The van der Waals surface area contributed by atoms with Gasteiger partial charge in [-0.2, -0.15) is 0 Å². The molecule has 1 saturated heterocycles. The Morgan fingerprint density at radius 1 is 1.13 bits per heavy atom. The van der Waals surface area contributed by atoms with Crippen molar-refractivity contribution in [2.24, 2.45) is 0 Å². The van der Waals surface area contributed by atoms with Crippen LogP contribution in [0, 0.1) is 6.92 Å². The molecule has 2 aromatic heterocycles. The number of aliphatic hydroxyl groups is 1. The number of thiophene rings is 1. The molecule has 30 heavy (non-hydrogen) atoms. The minimum absolute atomic E-state index is 0.690. The van der Waals surface area contributed by atoms with Crippen LogP contribution < -0.4 is 4.74 Å². The Kier molecular flexibility index (Phi) is 6.48. The number of fused-ring (bicyclic) bond motifs is 1. The lowest BCUT2D eigenvalue weighted by atomic mass is 9.87. The first-order valence-electron chi connectivity index (χ1n) is 10.8. The molecule has 1 aliphatic heterocycles. The second-order valence-corrected chi connectivity index (χ2v) is 9.13. The van der Waals surface area contributed by atoms with Crippen LogP contribution in [0.1, 0.15) is 35.9 Å². The van der Waals surface area contributed by atoms with Crippen LogP contribution >= 0.6 is 11.3 Å². The van der Waals surface area contributed by atoms with E-state index >= 15 is 0 Å². The van der Waals surface area contributed by atoms with Gasteiger partial charge in [-0.25, -0.2) is 0 Å². The van der Waals surface area contributed by atoms with Gasteiger partial charge >= 0.3 is 0 Å². The summed E-state index contributed by atoms with van der Waals surface area (Å²) in [6, 6.07) is 12.2. The quantitative estimate of drug-likeness (QED) is 0.578. The minimum atomic E-state index is -0.979. The summed E-state index contributed by atoms with van der Waals surface area (Å²) in [5, 5.41) is 13.0. The molecule has 1 aromatic carbocycles. The van der Waals surface area contributed by atoms with E-state index in [0.717, 1.165) is 62.0 Å². The van der Waals surface area contributed by atoms with Gasteiger partial charge in [-0.15, -0.1) is 11.3 Å². The van der Waals surface area contributed by atoms with Gasteiger partial charge in [0, 0.05) is 42.1 Å². The second-order valence-electron chi connectivity index (χ2n) is 8.10. The van der Waals surface area contributed by atoms with E-state index in [1.54, 1.807) is 18.4 Å². The third-order valence-electron chi connectivity index (χ3n) is 6.11. The number of hydrogen-bond donors (Lipinski definition) is 1. The molecule has 0 radical (unpaired) electrons. The van der Waals surface area contributed by atoms with Gasteiger partial charge in [0.25, 0.3) is 0 Å². The van der Waals surface area contributed by atoms with Gasteiger partial charge in [0.2, 0.25) is 0 Å². The molecule has 0 amide bonds. The highest BCUT2D eigenvalue weighted by molar-refractivity contribution is 7.18. The maximum atomic E-state index is 11.8. The maximum Gasteiger partial charge on any atom is 0.124 e. The third-order valence-corrected chi connectivity index (χ3v) is 7.43. The van der Waals surface area contributed by atoms with Crippen LogP contribution in [0.25, 0.3) is 10.2 Å². The highest BCUT2D eigenvalue weighted by Gasteiger charge is 2.33. The fourth-order valence-electron chi connectivity index (χ4n) is 4.36. The van der Waals surface area contributed by atoms with Crippen molar-refractivity contribution in [1.82, 2.24) is 9.47 Å². The lowest BCUT2D eigenvalue weighted by Gasteiger charge is -2.28. The molecule has 3 heterocycles. The molecule has 1 atom stereocenters. The van der Waals surface area contributed by atoms with Crippen LogP contribution in [0.3, 0.4) is 0 Å². The van der Waals surface area contributed by atoms with E-state index < -0.39 is 5.60 Å². The summed E-state index contributed by atoms with van der Waals surface area (Å²) in [7, 11) is 1.66. The normalized spacial score (nSPS) is 17.3. The van der Waals surface area contributed by atoms with Crippen molar-refractivity contribution in [1.29, 1.82) is 0 Å². The molecule has 6 heteroatoms. The third kappa shape index (κ3) is 4.14. The number of aromatic nitrogens is 1. The smallest absolute Gasteiger partial charge is 0.124 e. The topological polar surface area (TPSA) is 46.9 Å². The number of nitrogens with zero attached hydrogens (tertiary/aromatic N) is 2. The molecule has 1 aliphatic rings. The molecule has 1 fully saturated rings. The molecule has 4 rings (SSSR count). The maximum absolute atomic E-state index is 11.8. The van der Waals surface area contributed by atoms with Gasteiger partial charge < -0.3 is 19.1 Å². The molecule has 5 nitrogen and oxygen atoms in total. The predicted octanol–water partition coefficient (Wildman–Crippen LogP) is 4.39. The SMILES string of the molecule is CCCC(O)(c1ccc(OC)cc1)c1cc2cc(C)n(CCN3CCOCC3)c2s1. The van der Waals surface area contributed by atoms with Gasteiger partial charge in [-0.3, -0.25) is 4.90 Å². The Labute approximate surface area is 182 Å². The van der Waals surface area contributed by atoms with Crippen LogP contribution in [-0.4, -0.2) is 54.5 Å². The van der Waals surface area contributed by atoms with Crippen molar-refractivity contribution < 1.29 is 14.6 Å². The van der Waals surface area contributed by atoms with Crippen molar-refractivity contribution in [3.63, 3.8) is 0 Å². The summed E-state index contributed by atoms with van der Waals surface area (Å²) in [5.41, 5.74) is 1.22. The van der Waals surface area contributed by atoms with Crippen molar-refractivity contribution >= 4 is 21.6 Å². The van der Waals surface area contributed by atoms with Gasteiger partial charge in [-0.05, 0) is 43.2 Å².